The van der Waals surface area contributed by atoms with Crippen LogP contribution in [0.1, 0.15) is 12.0 Å². The largest absolute Gasteiger partial charge is 0.573 e. The van der Waals surface area contributed by atoms with Crippen LogP contribution in [-0.2, 0) is 16.6 Å². The highest BCUT2D eigenvalue weighted by Gasteiger charge is 2.32. The number of benzene rings is 1. The lowest BCUT2D eigenvalue weighted by atomic mass is 10.2. The molecule has 0 bridgehead atoms. The molecule has 0 amide bonds. The molecule has 0 saturated carbocycles. The van der Waals surface area contributed by atoms with Crippen LogP contribution < -0.4 is 4.74 Å². The predicted octanol–water partition coefficient (Wildman–Crippen LogP) is 2.88. The number of hydrogen-bond acceptors (Lipinski definition) is 5. The van der Waals surface area contributed by atoms with Gasteiger partial charge in [0.05, 0.1) is 4.90 Å². The first-order valence-corrected chi connectivity index (χ1v) is 10.2. The first-order valence-electron chi connectivity index (χ1n) is 8.71. The number of hydrogen-bond donors (Lipinski definition) is 0. The van der Waals surface area contributed by atoms with E-state index in [1.807, 2.05) is 12.1 Å². The summed E-state index contributed by atoms with van der Waals surface area (Å²) in [6.45, 7) is 2.70. The zero-order valence-corrected chi connectivity index (χ0v) is 15.8. The van der Waals surface area contributed by atoms with Gasteiger partial charge in [0.15, 0.2) is 0 Å². The Balaban J connectivity index is 1.65. The summed E-state index contributed by atoms with van der Waals surface area (Å²) in [5, 5.41) is 0. The van der Waals surface area contributed by atoms with Gasteiger partial charge in [0, 0.05) is 38.6 Å². The normalized spacial score (nSPS) is 17.2. The fraction of sp³-hybridized carbons (Fsp3) is 0.389. The Bertz CT molecular complexity index is 874. The highest BCUT2D eigenvalue weighted by Crippen LogP contribution is 2.25. The van der Waals surface area contributed by atoms with Crippen LogP contribution in [0.2, 0.25) is 0 Å². The molecule has 3 rings (SSSR count). The molecule has 28 heavy (non-hydrogen) atoms. The van der Waals surface area contributed by atoms with E-state index in [4.69, 9.17) is 0 Å². The lowest BCUT2D eigenvalue weighted by molar-refractivity contribution is -0.274. The molecular formula is C18H20F3N3O3S. The molecule has 1 aliphatic rings. The van der Waals surface area contributed by atoms with E-state index in [9.17, 15) is 21.6 Å². The molecule has 1 aromatic carbocycles. The van der Waals surface area contributed by atoms with E-state index in [0.717, 1.165) is 36.4 Å². The quantitative estimate of drug-likeness (QED) is 0.752. The van der Waals surface area contributed by atoms with Crippen molar-refractivity contribution >= 4 is 10.0 Å². The third kappa shape index (κ3) is 5.43. The Morgan fingerprint density at radius 2 is 1.64 bits per heavy atom. The van der Waals surface area contributed by atoms with Gasteiger partial charge in [0.25, 0.3) is 0 Å². The summed E-state index contributed by atoms with van der Waals surface area (Å²) >= 11 is 0. The van der Waals surface area contributed by atoms with E-state index in [0.29, 0.717) is 32.6 Å². The minimum atomic E-state index is -4.82. The van der Waals surface area contributed by atoms with Crippen molar-refractivity contribution in [2.45, 2.75) is 24.2 Å². The predicted molar refractivity (Wildman–Crippen MR) is 96.0 cm³/mol. The average molecular weight is 415 g/mol. The second-order valence-corrected chi connectivity index (χ2v) is 8.35. The lowest BCUT2D eigenvalue weighted by Crippen LogP contribution is -2.35. The summed E-state index contributed by atoms with van der Waals surface area (Å²) in [5.74, 6) is -0.453. The van der Waals surface area contributed by atoms with Crippen LogP contribution in [0.4, 0.5) is 13.2 Å². The third-order valence-electron chi connectivity index (χ3n) is 4.40. The fourth-order valence-corrected chi connectivity index (χ4v) is 4.52. The van der Waals surface area contributed by atoms with Crippen molar-refractivity contribution in [2.75, 3.05) is 26.2 Å². The summed E-state index contributed by atoms with van der Waals surface area (Å²) in [5.41, 5.74) is 1.10. The maximum atomic E-state index is 12.8. The minimum absolute atomic E-state index is 0.0513. The van der Waals surface area contributed by atoms with Crippen molar-refractivity contribution in [1.82, 2.24) is 14.2 Å². The molecule has 1 aliphatic heterocycles. The van der Waals surface area contributed by atoms with E-state index in [2.05, 4.69) is 14.6 Å². The summed E-state index contributed by atoms with van der Waals surface area (Å²) in [6.07, 6.45) is -0.713. The summed E-state index contributed by atoms with van der Waals surface area (Å²) in [7, 11) is -3.78. The van der Waals surface area contributed by atoms with Gasteiger partial charge < -0.3 is 4.74 Å². The van der Waals surface area contributed by atoms with Crippen LogP contribution in [-0.4, -0.2) is 55.1 Å². The van der Waals surface area contributed by atoms with Crippen molar-refractivity contribution in [3.8, 4) is 5.75 Å². The Morgan fingerprint density at radius 3 is 2.29 bits per heavy atom. The van der Waals surface area contributed by atoms with Crippen LogP contribution in [0.5, 0.6) is 5.75 Å². The molecule has 0 unspecified atom stereocenters. The van der Waals surface area contributed by atoms with Crippen LogP contribution in [0.25, 0.3) is 0 Å². The number of alkyl halides is 3. The van der Waals surface area contributed by atoms with Gasteiger partial charge in [-0.25, -0.2) is 8.42 Å². The number of halogens is 3. The number of pyridine rings is 1. The van der Waals surface area contributed by atoms with Crippen LogP contribution in [0, 0.1) is 0 Å². The molecular weight excluding hydrogens is 395 g/mol. The molecule has 10 heteroatoms. The molecule has 0 radical (unpaired) electrons. The van der Waals surface area contributed by atoms with Crippen molar-refractivity contribution in [3.63, 3.8) is 0 Å². The molecule has 0 N–H and O–H groups in total. The maximum absolute atomic E-state index is 12.8. The first kappa shape index (κ1) is 20.6. The lowest BCUT2D eigenvalue weighted by Gasteiger charge is -2.22. The average Bonchev–Trinajstić information content (AvgIpc) is 2.88. The number of ether oxygens (including phenoxy) is 1. The van der Waals surface area contributed by atoms with E-state index >= 15 is 0 Å². The molecule has 152 valence electrons. The van der Waals surface area contributed by atoms with E-state index in [1.165, 1.54) is 4.31 Å². The highest BCUT2D eigenvalue weighted by molar-refractivity contribution is 7.89. The van der Waals surface area contributed by atoms with E-state index < -0.39 is 22.1 Å². The molecule has 1 saturated heterocycles. The monoisotopic (exact) mass is 415 g/mol. The Labute approximate surface area is 161 Å². The van der Waals surface area contributed by atoms with Gasteiger partial charge in [-0.1, -0.05) is 0 Å². The standard InChI is InChI=1S/C18H20F3N3O3S/c19-18(20,21)27-16-2-4-17(5-3-16)28(25,26)24-11-1-10-23(12-13-24)14-15-6-8-22-9-7-15/h2-9H,1,10-14H2. The van der Waals surface area contributed by atoms with Gasteiger partial charge in [-0.2, -0.15) is 4.31 Å². The van der Waals surface area contributed by atoms with Gasteiger partial charge >= 0.3 is 6.36 Å². The van der Waals surface area contributed by atoms with Crippen LogP contribution in [0.3, 0.4) is 0 Å². The van der Waals surface area contributed by atoms with E-state index in [-0.39, 0.29) is 4.90 Å². The van der Waals surface area contributed by atoms with E-state index in [1.54, 1.807) is 12.4 Å². The van der Waals surface area contributed by atoms with Crippen molar-refractivity contribution in [3.05, 3.63) is 54.4 Å². The molecule has 6 nitrogen and oxygen atoms in total. The van der Waals surface area contributed by atoms with Gasteiger partial charge in [-0.05, 0) is 54.9 Å². The first-order chi connectivity index (χ1) is 13.2. The van der Waals surface area contributed by atoms with Crippen molar-refractivity contribution in [2.24, 2.45) is 0 Å². The maximum Gasteiger partial charge on any atom is 0.573 e. The number of sulfonamides is 1. The number of nitrogens with zero attached hydrogens (tertiary/aromatic N) is 3. The molecule has 2 heterocycles. The van der Waals surface area contributed by atoms with Gasteiger partial charge in [0.1, 0.15) is 5.75 Å². The zero-order valence-electron chi connectivity index (χ0n) is 15.0. The molecule has 1 aromatic heterocycles. The van der Waals surface area contributed by atoms with Gasteiger partial charge in [-0.15, -0.1) is 13.2 Å². The van der Waals surface area contributed by atoms with Crippen LogP contribution >= 0.6 is 0 Å². The van der Waals surface area contributed by atoms with Crippen molar-refractivity contribution < 1.29 is 26.3 Å². The Kier molecular flexibility index (Phi) is 6.21. The topological polar surface area (TPSA) is 62.7 Å². The third-order valence-corrected chi connectivity index (χ3v) is 6.31. The minimum Gasteiger partial charge on any atom is -0.406 e. The molecule has 1 fully saturated rings. The summed E-state index contributed by atoms with van der Waals surface area (Å²) in [4.78, 5) is 6.10. The van der Waals surface area contributed by atoms with Gasteiger partial charge in [-0.3, -0.25) is 9.88 Å². The second-order valence-electron chi connectivity index (χ2n) is 6.41. The molecule has 2 aromatic rings. The van der Waals surface area contributed by atoms with Crippen LogP contribution in [0.15, 0.2) is 53.7 Å². The second kappa shape index (κ2) is 8.46. The highest BCUT2D eigenvalue weighted by atomic mass is 32.2. The number of rotatable bonds is 5. The summed E-state index contributed by atoms with van der Waals surface area (Å²) in [6, 6.07) is 8.13. The van der Waals surface area contributed by atoms with Gasteiger partial charge in [0.2, 0.25) is 10.0 Å². The smallest absolute Gasteiger partial charge is 0.406 e. The zero-order chi connectivity index (χ0) is 20.2. The summed E-state index contributed by atoms with van der Waals surface area (Å²) < 4.78 is 67.6. The fourth-order valence-electron chi connectivity index (χ4n) is 3.05. The Hall–Kier alpha value is -2.17. The molecule has 0 atom stereocenters. The molecule has 0 aliphatic carbocycles. The molecule has 0 spiro atoms. The SMILES string of the molecule is O=S(=O)(c1ccc(OC(F)(F)F)cc1)N1CCCN(Cc2ccncc2)CC1. The Morgan fingerprint density at radius 1 is 0.964 bits per heavy atom. The van der Waals surface area contributed by atoms with Crippen molar-refractivity contribution in [1.29, 1.82) is 0 Å². The number of aromatic nitrogens is 1.